The van der Waals surface area contributed by atoms with Crippen LogP contribution in [0.3, 0.4) is 0 Å². The van der Waals surface area contributed by atoms with E-state index in [1.165, 1.54) is 12.0 Å². The molecule has 0 radical (unpaired) electrons. The van der Waals surface area contributed by atoms with Crippen LogP contribution in [0.4, 0.5) is 0 Å². The van der Waals surface area contributed by atoms with Gasteiger partial charge in [-0.2, -0.15) is 0 Å². The summed E-state index contributed by atoms with van der Waals surface area (Å²) in [7, 11) is 0. The molecular weight excluding hydrogens is 504 g/mol. The highest BCUT2D eigenvalue weighted by atomic mass is 16.5. The molecule has 2 aromatic carbocycles. The zero-order valence-electron chi connectivity index (χ0n) is 22.4. The zero-order chi connectivity index (χ0) is 27.9. The van der Waals surface area contributed by atoms with Crippen LogP contribution in [-0.2, 0) is 16.1 Å². The molecule has 0 fully saturated rings. The van der Waals surface area contributed by atoms with Crippen LogP contribution in [0.15, 0.2) is 84.7 Å². The number of carbonyl (C=O) groups is 3. The maximum atomic E-state index is 14.1. The van der Waals surface area contributed by atoms with Crippen molar-refractivity contribution in [2.75, 3.05) is 13.2 Å². The Morgan fingerprint density at radius 2 is 1.82 bits per heavy atom. The van der Waals surface area contributed by atoms with Gasteiger partial charge < -0.3 is 20.7 Å². The van der Waals surface area contributed by atoms with Crippen molar-refractivity contribution in [1.29, 1.82) is 0 Å². The molecule has 3 amide bonds. The molecule has 1 aliphatic heterocycles. The van der Waals surface area contributed by atoms with Crippen molar-refractivity contribution in [3.63, 3.8) is 0 Å². The smallest absolute Gasteiger partial charge is 0.255 e. The van der Waals surface area contributed by atoms with Gasteiger partial charge in [0.1, 0.15) is 5.75 Å². The molecule has 0 unspecified atom stereocenters. The average molecular weight is 539 g/mol. The Hall–Kier alpha value is -4.46. The van der Waals surface area contributed by atoms with Gasteiger partial charge in [0.15, 0.2) is 6.61 Å². The lowest BCUT2D eigenvalue weighted by Gasteiger charge is -2.42. The number of aromatic nitrogens is 1. The van der Waals surface area contributed by atoms with Crippen LogP contribution in [0.1, 0.15) is 71.1 Å². The number of ether oxygens (including phenoxy) is 1. The van der Waals surface area contributed by atoms with Crippen LogP contribution in [0.2, 0.25) is 0 Å². The number of amides is 3. The fraction of sp³-hybridized carbons (Fsp3) is 0.312. The maximum absolute atomic E-state index is 14.1. The molecule has 5 rings (SSSR count). The summed E-state index contributed by atoms with van der Waals surface area (Å²) in [6.07, 6.45) is 10.8. The van der Waals surface area contributed by atoms with E-state index in [2.05, 4.69) is 16.4 Å². The van der Waals surface area contributed by atoms with Gasteiger partial charge in [0.25, 0.3) is 11.8 Å². The van der Waals surface area contributed by atoms with Gasteiger partial charge in [-0.3, -0.25) is 19.4 Å². The van der Waals surface area contributed by atoms with E-state index in [0.29, 0.717) is 35.5 Å². The molecule has 0 spiro atoms. The predicted octanol–water partition coefficient (Wildman–Crippen LogP) is 4.43. The van der Waals surface area contributed by atoms with Crippen molar-refractivity contribution >= 4 is 17.7 Å². The Morgan fingerprint density at radius 3 is 2.58 bits per heavy atom. The topological polar surface area (TPSA) is 115 Å². The minimum Gasteiger partial charge on any atom is -0.483 e. The standard InChI is InChI=1S/C32H34N4O4/c33-28(37)21-40-27-15-7-6-14-26(27)30-29(31(38)35-20-23-11-8-17-34-19-23)24-12-4-5-13-25(24)32(39)36(30)18-16-22-9-2-1-3-10-22/h4-9,11-15,17,19,29-30H,1-3,10,16,18,20-21H2,(H2,33,37)(H,35,38)/t29-,30-/m1/s1. The predicted molar refractivity (Wildman–Crippen MR) is 151 cm³/mol. The Morgan fingerprint density at radius 1 is 1.02 bits per heavy atom. The van der Waals surface area contributed by atoms with Crippen LogP contribution < -0.4 is 15.8 Å². The number of hydrogen-bond donors (Lipinski definition) is 2. The van der Waals surface area contributed by atoms with E-state index < -0.39 is 17.9 Å². The number of hydrogen-bond acceptors (Lipinski definition) is 5. The number of para-hydroxylation sites is 1. The van der Waals surface area contributed by atoms with E-state index in [1.54, 1.807) is 35.5 Å². The second-order valence-electron chi connectivity index (χ2n) is 10.2. The van der Waals surface area contributed by atoms with Gasteiger partial charge in [-0.15, -0.1) is 0 Å². The van der Waals surface area contributed by atoms with Crippen molar-refractivity contribution in [3.05, 3.63) is 107 Å². The largest absolute Gasteiger partial charge is 0.483 e. The quantitative estimate of drug-likeness (QED) is 0.371. The van der Waals surface area contributed by atoms with Gasteiger partial charge in [0.05, 0.1) is 12.0 Å². The van der Waals surface area contributed by atoms with E-state index in [4.69, 9.17) is 10.5 Å². The second-order valence-corrected chi connectivity index (χ2v) is 10.2. The number of nitrogens with zero attached hydrogens (tertiary/aromatic N) is 2. The molecule has 2 heterocycles. The first-order chi connectivity index (χ1) is 19.5. The van der Waals surface area contributed by atoms with Gasteiger partial charge in [-0.1, -0.05) is 54.1 Å². The van der Waals surface area contributed by atoms with Crippen molar-refractivity contribution in [2.24, 2.45) is 5.73 Å². The maximum Gasteiger partial charge on any atom is 0.255 e. The van der Waals surface area contributed by atoms with E-state index in [-0.39, 0.29) is 18.4 Å². The molecule has 8 nitrogen and oxygen atoms in total. The molecule has 2 atom stereocenters. The Labute approximate surface area is 234 Å². The minimum atomic E-state index is -0.704. The normalized spacial score (nSPS) is 18.4. The number of primary amides is 1. The summed E-state index contributed by atoms with van der Waals surface area (Å²) in [6.45, 7) is 0.456. The van der Waals surface area contributed by atoms with Crippen LogP contribution in [0.25, 0.3) is 0 Å². The lowest BCUT2D eigenvalue weighted by molar-refractivity contribution is -0.124. The van der Waals surface area contributed by atoms with Gasteiger partial charge in [0, 0.05) is 36.6 Å². The molecule has 40 heavy (non-hydrogen) atoms. The van der Waals surface area contributed by atoms with E-state index in [9.17, 15) is 14.4 Å². The zero-order valence-corrected chi connectivity index (χ0v) is 22.4. The first kappa shape index (κ1) is 27.1. The van der Waals surface area contributed by atoms with Crippen LogP contribution in [0.5, 0.6) is 5.75 Å². The molecule has 3 aromatic rings. The van der Waals surface area contributed by atoms with Crippen molar-refractivity contribution in [2.45, 2.75) is 50.6 Å². The number of benzene rings is 2. The van der Waals surface area contributed by atoms with Crippen molar-refractivity contribution < 1.29 is 19.1 Å². The summed E-state index contributed by atoms with van der Waals surface area (Å²) < 4.78 is 5.81. The summed E-state index contributed by atoms with van der Waals surface area (Å²) in [6, 6.07) is 17.6. The molecule has 0 saturated carbocycles. The SMILES string of the molecule is NC(=O)COc1ccccc1[C@@H]1[C@H](C(=O)NCc2cccnc2)c2ccccc2C(=O)N1CCC1=CCCCC1. The summed E-state index contributed by atoms with van der Waals surface area (Å²) in [5, 5.41) is 3.08. The highest BCUT2D eigenvalue weighted by Crippen LogP contribution is 2.46. The number of allylic oxidation sites excluding steroid dienone is 1. The second kappa shape index (κ2) is 12.6. The van der Waals surface area contributed by atoms with Crippen LogP contribution in [0, 0.1) is 0 Å². The number of carbonyl (C=O) groups excluding carboxylic acids is 3. The monoisotopic (exact) mass is 538 g/mol. The highest BCUT2D eigenvalue weighted by molar-refractivity contribution is 6.01. The fourth-order valence-electron chi connectivity index (χ4n) is 5.67. The first-order valence-corrected chi connectivity index (χ1v) is 13.8. The van der Waals surface area contributed by atoms with Crippen LogP contribution in [-0.4, -0.2) is 40.8 Å². The number of rotatable bonds is 10. The van der Waals surface area contributed by atoms with Gasteiger partial charge in [-0.25, -0.2) is 0 Å². The third kappa shape index (κ3) is 6.06. The third-order valence-electron chi connectivity index (χ3n) is 7.58. The summed E-state index contributed by atoms with van der Waals surface area (Å²) in [4.78, 5) is 45.6. The Bertz CT molecular complexity index is 1400. The highest BCUT2D eigenvalue weighted by Gasteiger charge is 2.45. The molecule has 0 bridgehead atoms. The minimum absolute atomic E-state index is 0.127. The molecular formula is C32H34N4O4. The lowest BCUT2D eigenvalue weighted by atomic mass is 9.78. The molecule has 206 valence electrons. The van der Waals surface area contributed by atoms with E-state index >= 15 is 0 Å². The number of nitrogens with one attached hydrogen (secondary N) is 1. The van der Waals surface area contributed by atoms with E-state index in [1.807, 2.05) is 42.5 Å². The Kier molecular flexibility index (Phi) is 8.54. The molecule has 3 N–H and O–H groups in total. The number of fused-ring (bicyclic) bond motifs is 1. The molecule has 8 heteroatoms. The summed E-state index contributed by atoms with van der Waals surface area (Å²) in [5.41, 5.74) is 9.44. The molecule has 0 saturated heterocycles. The van der Waals surface area contributed by atoms with Crippen molar-refractivity contribution in [3.8, 4) is 5.75 Å². The summed E-state index contributed by atoms with van der Waals surface area (Å²) >= 11 is 0. The average Bonchev–Trinajstić information content (AvgIpc) is 2.99. The van der Waals surface area contributed by atoms with Gasteiger partial charge >= 0.3 is 0 Å². The first-order valence-electron chi connectivity index (χ1n) is 13.8. The lowest BCUT2D eigenvalue weighted by Crippen LogP contribution is -2.47. The van der Waals surface area contributed by atoms with Crippen LogP contribution >= 0.6 is 0 Å². The third-order valence-corrected chi connectivity index (χ3v) is 7.58. The molecule has 2 aliphatic rings. The van der Waals surface area contributed by atoms with Crippen molar-refractivity contribution in [1.82, 2.24) is 15.2 Å². The summed E-state index contributed by atoms with van der Waals surface area (Å²) in [5.74, 6) is -1.22. The van der Waals surface area contributed by atoms with Gasteiger partial charge in [-0.05, 0) is 61.4 Å². The molecule has 1 aromatic heterocycles. The number of pyridine rings is 1. The van der Waals surface area contributed by atoms with Gasteiger partial charge in [0.2, 0.25) is 5.91 Å². The Balaban J connectivity index is 1.57. The van der Waals surface area contributed by atoms with E-state index in [0.717, 1.165) is 31.2 Å². The fourth-order valence-corrected chi connectivity index (χ4v) is 5.67. The number of nitrogens with two attached hydrogens (primary N) is 1. The molecule has 1 aliphatic carbocycles.